The first kappa shape index (κ1) is 30.6. The lowest BCUT2D eigenvalue weighted by atomic mass is 9.95. The van der Waals surface area contributed by atoms with Gasteiger partial charge in [-0.15, -0.1) is 0 Å². The van der Waals surface area contributed by atoms with Gasteiger partial charge in [-0.3, -0.25) is 19.7 Å². The number of carbonyl (C=O) groups excluding carboxylic acids is 2. The Morgan fingerprint density at radius 2 is 1.70 bits per heavy atom. The second-order valence-corrected chi connectivity index (χ2v) is 11.2. The van der Waals surface area contributed by atoms with Gasteiger partial charge in [0.05, 0.1) is 31.8 Å². The van der Waals surface area contributed by atoms with E-state index in [-0.39, 0.29) is 47.0 Å². The number of anilines is 1. The summed E-state index contributed by atoms with van der Waals surface area (Å²) >= 11 is 0. The predicted octanol–water partition coefficient (Wildman–Crippen LogP) is 4.74. The number of benzene rings is 3. The van der Waals surface area contributed by atoms with E-state index in [0.29, 0.717) is 44.2 Å². The van der Waals surface area contributed by atoms with Crippen molar-refractivity contribution in [1.82, 2.24) is 9.80 Å². The third-order valence-electron chi connectivity index (χ3n) is 7.90. The molecule has 0 aromatic heterocycles. The highest BCUT2D eigenvalue weighted by Gasteiger charge is 2.40. The van der Waals surface area contributed by atoms with Crippen LogP contribution < -0.4 is 9.64 Å². The minimum absolute atomic E-state index is 0.127. The highest BCUT2D eigenvalue weighted by Crippen LogP contribution is 2.37. The number of aromatic hydroxyl groups is 1. The smallest absolute Gasteiger partial charge is 0.293 e. The molecule has 230 valence electrons. The number of morpholine rings is 1. The quantitative estimate of drug-likeness (QED) is 0.276. The second-order valence-electron chi connectivity index (χ2n) is 11.2. The van der Waals surface area contributed by atoms with E-state index in [1.54, 1.807) is 58.2 Å². The maximum Gasteiger partial charge on any atom is 0.293 e. The van der Waals surface area contributed by atoms with E-state index in [4.69, 9.17) is 9.47 Å². The van der Waals surface area contributed by atoms with E-state index in [9.17, 15) is 24.8 Å². The van der Waals surface area contributed by atoms with E-state index in [1.165, 1.54) is 6.07 Å². The molecule has 0 radical (unpaired) electrons. The number of rotatable bonds is 9. The summed E-state index contributed by atoms with van der Waals surface area (Å²) < 4.78 is 10.6. The number of nitro benzene ring substituents is 1. The number of nitro groups is 1. The minimum atomic E-state index is -0.744. The lowest BCUT2D eigenvalue weighted by Gasteiger charge is -2.42. The van der Waals surface area contributed by atoms with Gasteiger partial charge in [-0.1, -0.05) is 38.1 Å². The van der Waals surface area contributed by atoms with E-state index >= 15 is 0 Å². The van der Waals surface area contributed by atoms with Crippen molar-refractivity contribution < 1.29 is 29.1 Å². The molecule has 3 aromatic carbocycles. The minimum Gasteiger partial charge on any atom is -0.508 e. The Kier molecular flexibility index (Phi) is 9.15. The fraction of sp³-hybridized carbons (Fsp3) is 0.333. The average Bonchev–Trinajstić information content (AvgIpc) is 3.03. The fourth-order valence-corrected chi connectivity index (χ4v) is 5.58. The van der Waals surface area contributed by atoms with Gasteiger partial charge in [0, 0.05) is 43.0 Å². The highest BCUT2D eigenvalue weighted by molar-refractivity contribution is 5.97. The summed E-state index contributed by atoms with van der Waals surface area (Å²) in [6.07, 6.45) is 2.18. The Hall–Kier alpha value is -4.90. The van der Waals surface area contributed by atoms with Crippen molar-refractivity contribution in [1.29, 1.82) is 0 Å². The summed E-state index contributed by atoms with van der Waals surface area (Å²) in [4.78, 5) is 44.4. The molecular weight excluding hydrogens is 564 g/mol. The van der Waals surface area contributed by atoms with Crippen LogP contribution in [0.15, 0.2) is 78.6 Å². The third kappa shape index (κ3) is 6.52. The molecule has 0 spiro atoms. The third-order valence-corrected chi connectivity index (χ3v) is 7.90. The topological polar surface area (TPSA) is 126 Å². The molecule has 1 fully saturated rings. The molecule has 2 aliphatic heterocycles. The van der Waals surface area contributed by atoms with Crippen LogP contribution in [0.5, 0.6) is 11.5 Å². The van der Waals surface area contributed by atoms with Crippen LogP contribution in [0.4, 0.5) is 11.4 Å². The molecule has 11 heteroatoms. The van der Waals surface area contributed by atoms with Gasteiger partial charge in [0.1, 0.15) is 23.2 Å². The van der Waals surface area contributed by atoms with Crippen molar-refractivity contribution in [2.45, 2.75) is 32.9 Å². The Labute approximate surface area is 256 Å². The van der Waals surface area contributed by atoms with Gasteiger partial charge >= 0.3 is 0 Å². The number of nitrogens with zero attached hydrogens (tertiary/aromatic N) is 4. The molecule has 0 saturated carbocycles. The molecule has 11 nitrogen and oxygen atoms in total. The first-order chi connectivity index (χ1) is 21.2. The Morgan fingerprint density at radius 1 is 1.05 bits per heavy atom. The summed E-state index contributed by atoms with van der Waals surface area (Å²) in [7, 11) is 1.59. The van der Waals surface area contributed by atoms with E-state index in [0.717, 1.165) is 11.1 Å². The largest absolute Gasteiger partial charge is 0.508 e. The summed E-state index contributed by atoms with van der Waals surface area (Å²) in [6, 6.07) is 17.9. The zero-order chi connectivity index (χ0) is 31.4. The van der Waals surface area contributed by atoms with Crippen LogP contribution in [0, 0.1) is 16.0 Å². The second kappa shape index (κ2) is 13.2. The first-order valence-electron chi connectivity index (χ1n) is 14.5. The van der Waals surface area contributed by atoms with Gasteiger partial charge in [0.25, 0.3) is 11.6 Å². The van der Waals surface area contributed by atoms with Gasteiger partial charge in [-0.25, -0.2) is 0 Å². The highest BCUT2D eigenvalue weighted by atomic mass is 16.6. The molecule has 1 saturated heterocycles. The Balaban J connectivity index is 1.58. The van der Waals surface area contributed by atoms with Crippen LogP contribution in [0.2, 0.25) is 0 Å². The lowest BCUT2D eigenvalue weighted by Crippen LogP contribution is -2.53. The van der Waals surface area contributed by atoms with Gasteiger partial charge in [0.2, 0.25) is 5.91 Å². The molecule has 5 rings (SSSR count). The molecule has 0 aliphatic carbocycles. The predicted molar refractivity (Wildman–Crippen MR) is 164 cm³/mol. The number of carbonyl (C=O) groups is 2. The summed E-state index contributed by atoms with van der Waals surface area (Å²) in [5.41, 5.74) is 2.58. The normalized spacial score (nSPS) is 17.1. The number of amides is 2. The molecule has 2 amide bonds. The maximum absolute atomic E-state index is 14.3. The number of phenolic OH excluding ortho intramolecular Hbond substituents is 1. The summed E-state index contributed by atoms with van der Waals surface area (Å²) in [6.45, 7) is 5.73. The fourth-order valence-electron chi connectivity index (χ4n) is 5.58. The number of hydrogen-bond acceptors (Lipinski definition) is 8. The SMILES string of the molecule is COc1ccc(CC2=CN(c3ccc(C(=O)N4CCOCC4)cc3[N+](=O)[O-])[C@@H](C(C)C)C(=O)N2Cc2ccc(O)cc2)cc1. The van der Waals surface area contributed by atoms with E-state index < -0.39 is 11.0 Å². The van der Waals surface area contributed by atoms with Crippen molar-refractivity contribution in [3.8, 4) is 11.5 Å². The molecule has 2 aliphatic rings. The van der Waals surface area contributed by atoms with Crippen molar-refractivity contribution in [2.75, 3.05) is 38.3 Å². The number of hydrogen-bond donors (Lipinski definition) is 1. The van der Waals surface area contributed by atoms with Crippen molar-refractivity contribution in [3.05, 3.63) is 105 Å². The lowest BCUT2D eigenvalue weighted by molar-refractivity contribution is -0.384. The van der Waals surface area contributed by atoms with E-state index in [1.807, 2.05) is 44.3 Å². The van der Waals surface area contributed by atoms with Crippen LogP contribution in [0.25, 0.3) is 0 Å². The summed E-state index contributed by atoms with van der Waals surface area (Å²) in [5, 5.41) is 22.2. The molecule has 3 aromatic rings. The molecule has 2 heterocycles. The molecule has 1 atom stereocenters. The number of phenols is 1. The average molecular weight is 601 g/mol. The zero-order valence-electron chi connectivity index (χ0n) is 25.0. The van der Waals surface area contributed by atoms with Crippen molar-refractivity contribution in [3.63, 3.8) is 0 Å². The first-order valence-corrected chi connectivity index (χ1v) is 14.5. The van der Waals surface area contributed by atoms with Crippen LogP contribution >= 0.6 is 0 Å². The number of methoxy groups -OCH3 is 1. The Morgan fingerprint density at radius 3 is 2.32 bits per heavy atom. The number of allylic oxidation sites excluding steroid dienone is 1. The molecule has 0 unspecified atom stereocenters. The van der Waals surface area contributed by atoms with Crippen LogP contribution in [0.3, 0.4) is 0 Å². The zero-order valence-corrected chi connectivity index (χ0v) is 25.0. The number of ether oxygens (including phenoxy) is 2. The monoisotopic (exact) mass is 600 g/mol. The van der Waals surface area contributed by atoms with Gasteiger partial charge < -0.3 is 29.3 Å². The van der Waals surface area contributed by atoms with Crippen LogP contribution in [-0.2, 0) is 22.5 Å². The van der Waals surface area contributed by atoms with Crippen LogP contribution in [-0.4, -0.2) is 71.1 Å². The van der Waals surface area contributed by atoms with Crippen LogP contribution in [0.1, 0.15) is 35.3 Å². The standard InChI is InChI=1S/C33H36N4O7/c1-22(2)31-33(40)35(20-24-4-9-27(38)10-5-24)26(18-23-6-11-28(43-3)12-7-23)21-36(31)29-13-8-25(19-30(29)37(41)42)32(39)34-14-16-44-17-15-34/h4-13,19,21-22,31,38H,14-18,20H2,1-3H3/t31-/m0/s1. The van der Waals surface area contributed by atoms with Gasteiger partial charge in [-0.05, 0) is 53.4 Å². The van der Waals surface area contributed by atoms with Gasteiger partial charge in [-0.2, -0.15) is 0 Å². The summed E-state index contributed by atoms with van der Waals surface area (Å²) in [5.74, 6) is 0.114. The van der Waals surface area contributed by atoms with E-state index in [2.05, 4.69) is 0 Å². The Bertz CT molecular complexity index is 1550. The molecule has 0 bridgehead atoms. The van der Waals surface area contributed by atoms with Crippen molar-refractivity contribution in [2.24, 2.45) is 5.92 Å². The molecular formula is C33H36N4O7. The molecule has 1 N–H and O–H groups in total. The van der Waals surface area contributed by atoms with Gasteiger partial charge in [0.15, 0.2) is 0 Å². The van der Waals surface area contributed by atoms with Crippen molar-refractivity contribution >= 4 is 23.2 Å². The maximum atomic E-state index is 14.3. The molecule has 44 heavy (non-hydrogen) atoms.